The molecule has 3 nitrogen and oxygen atoms in total. The van der Waals surface area contributed by atoms with Gasteiger partial charge in [0.2, 0.25) is 0 Å². The SMILES string of the molecule is CC.CC(C)(C)C.CCCC(CC)CCOC(C)Oc1ccc(C(CN)CC(C)(C)C)cc1. The van der Waals surface area contributed by atoms with Crippen molar-refractivity contribution >= 4 is 0 Å². The molecule has 0 aromatic heterocycles. The number of benzene rings is 1. The van der Waals surface area contributed by atoms with E-state index in [1.807, 2.05) is 32.9 Å². The molecule has 1 rings (SSSR count). The third kappa shape index (κ3) is 21.2. The number of ether oxygens (including phenoxy) is 2. The molecule has 0 heterocycles. The summed E-state index contributed by atoms with van der Waals surface area (Å²) in [6.07, 6.45) is 5.73. The van der Waals surface area contributed by atoms with Crippen LogP contribution in [0.3, 0.4) is 0 Å². The molecule has 0 saturated heterocycles. The van der Waals surface area contributed by atoms with Crippen molar-refractivity contribution in [2.24, 2.45) is 22.5 Å². The summed E-state index contributed by atoms with van der Waals surface area (Å²) in [5.74, 6) is 2.01. The van der Waals surface area contributed by atoms with Gasteiger partial charge in [-0.3, -0.25) is 0 Å². The van der Waals surface area contributed by atoms with Gasteiger partial charge in [0.25, 0.3) is 0 Å². The van der Waals surface area contributed by atoms with Crippen LogP contribution in [0.1, 0.15) is 127 Å². The van der Waals surface area contributed by atoms with E-state index in [4.69, 9.17) is 15.2 Å². The molecule has 196 valence electrons. The second kappa shape index (κ2) is 18.3. The van der Waals surface area contributed by atoms with Crippen LogP contribution in [0.4, 0.5) is 0 Å². The van der Waals surface area contributed by atoms with E-state index in [0.717, 1.165) is 31.1 Å². The third-order valence-electron chi connectivity index (χ3n) is 4.95. The zero-order valence-electron chi connectivity index (χ0n) is 24.4. The monoisotopic (exact) mass is 465 g/mol. The Morgan fingerprint density at radius 1 is 0.879 bits per heavy atom. The minimum atomic E-state index is -0.222. The Morgan fingerprint density at radius 3 is 1.79 bits per heavy atom. The van der Waals surface area contributed by atoms with Crippen molar-refractivity contribution < 1.29 is 9.47 Å². The summed E-state index contributed by atoms with van der Waals surface area (Å²) in [5.41, 5.74) is 8.05. The standard InChI is InChI=1S/C23H41NO2.C5H12.C2H6/c1-7-9-19(8-2)14-15-25-18(3)26-22-12-10-20(11-13-22)21(17-24)16-23(4,5)6;1-5(2,3)4;1-2/h10-13,18-19,21H,7-9,14-17,24H2,1-6H3;1-4H3;1-2H3. The van der Waals surface area contributed by atoms with Gasteiger partial charge in [0, 0.05) is 0 Å². The molecule has 0 amide bonds. The van der Waals surface area contributed by atoms with Gasteiger partial charge < -0.3 is 15.2 Å². The van der Waals surface area contributed by atoms with E-state index >= 15 is 0 Å². The molecule has 0 fully saturated rings. The molecular formula is C30H59NO2. The summed E-state index contributed by atoms with van der Waals surface area (Å²) >= 11 is 0. The first-order valence-electron chi connectivity index (χ1n) is 13.4. The van der Waals surface area contributed by atoms with Gasteiger partial charge in [-0.25, -0.2) is 0 Å². The molecule has 3 atom stereocenters. The molecular weight excluding hydrogens is 406 g/mol. The maximum Gasteiger partial charge on any atom is 0.196 e. The van der Waals surface area contributed by atoms with E-state index in [9.17, 15) is 0 Å². The molecule has 0 aliphatic rings. The van der Waals surface area contributed by atoms with Gasteiger partial charge in [0.05, 0.1) is 6.61 Å². The lowest BCUT2D eigenvalue weighted by atomic mass is 9.81. The lowest BCUT2D eigenvalue weighted by Crippen LogP contribution is -2.20. The number of hydrogen-bond donors (Lipinski definition) is 1. The molecule has 2 N–H and O–H groups in total. The molecule has 0 spiro atoms. The van der Waals surface area contributed by atoms with Gasteiger partial charge in [-0.05, 0) is 66.7 Å². The van der Waals surface area contributed by atoms with E-state index in [1.54, 1.807) is 0 Å². The Labute approximate surface area is 208 Å². The fourth-order valence-electron chi connectivity index (χ4n) is 3.48. The van der Waals surface area contributed by atoms with Crippen LogP contribution < -0.4 is 10.5 Å². The second-order valence-electron chi connectivity index (χ2n) is 11.7. The first kappa shape index (κ1) is 34.1. The van der Waals surface area contributed by atoms with Crippen LogP contribution in [0.15, 0.2) is 24.3 Å². The summed E-state index contributed by atoms with van der Waals surface area (Å²) in [5, 5.41) is 0. The van der Waals surface area contributed by atoms with E-state index in [0.29, 0.717) is 17.9 Å². The Morgan fingerprint density at radius 2 is 1.39 bits per heavy atom. The Kier molecular flexibility index (Phi) is 18.9. The predicted octanol–water partition coefficient (Wildman–Crippen LogP) is 9.20. The molecule has 3 unspecified atom stereocenters. The highest BCUT2D eigenvalue weighted by atomic mass is 16.7. The zero-order chi connectivity index (χ0) is 26.1. The topological polar surface area (TPSA) is 44.5 Å². The average Bonchev–Trinajstić information content (AvgIpc) is 2.71. The number of rotatable bonds is 12. The highest BCUT2D eigenvalue weighted by molar-refractivity contribution is 5.30. The molecule has 3 heteroatoms. The Bertz CT molecular complexity index is 548. The largest absolute Gasteiger partial charge is 0.465 e. The van der Waals surface area contributed by atoms with E-state index in [1.165, 1.54) is 24.8 Å². The highest BCUT2D eigenvalue weighted by Crippen LogP contribution is 2.31. The van der Waals surface area contributed by atoms with Crippen molar-refractivity contribution in [1.29, 1.82) is 0 Å². The van der Waals surface area contributed by atoms with Crippen LogP contribution in [0.2, 0.25) is 0 Å². The average molecular weight is 466 g/mol. The molecule has 0 radical (unpaired) electrons. The molecule has 0 saturated carbocycles. The van der Waals surface area contributed by atoms with Crippen molar-refractivity contribution in [3.8, 4) is 5.75 Å². The van der Waals surface area contributed by atoms with Crippen LogP contribution in [0, 0.1) is 16.7 Å². The first-order chi connectivity index (χ1) is 15.3. The summed E-state index contributed by atoms with van der Waals surface area (Å²) in [6, 6.07) is 8.35. The summed E-state index contributed by atoms with van der Waals surface area (Å²) < 4.78 is 11.8. The molecule has 1 aromatic carbocycles. The minimum Gasteiger partial charge on any atom is -0.465 e. The maximum atomic E-state index is 5.99. The second-order valence-corrected chi connectivity index (χ2v) is 11.7. The Hall–Kier alpha value is -1.06. The quantitative estimate of drug-likeness (QED) is 0.313. The van der Waals surface area contributed by atoms with Crippen molar-refractivity contribution in [2.45, 2.75) is 127 Å². The van der Waals surface area contributed by atoms with Crippen LogP contribution in [-0.2, 0) is 4.74 Å². The van der Waals surface area contributed by atoms with Gasteiger partial charge in [-0.1, -0.05) is 108 Å². The van der Waals surface area contributed by atoms with Gasteiger partial charge in [0.1, 0.15) is 5.75 Å². The third-order valence-corrected chi connectivity index (χ3v) is 4.95. The smallest absolute Gasteiger partial charge is 0.196 e. The van der Waals surface area contributed by atoms with Crippen molar-refractivity contribution in [3.63, 3.8) is 0 Å². The summed E-state index contributed by atoms with van der Waals surface area (Å²) in [4.78, 5) is 0. The van der Waals surface area contributed by atoms with E-state index in [2.05, 4.69) is 74.4 Å². The normalized spacial score (nSPS) is 14.2. The van der Waals surface area contributed by atoms with Crippen molar-refractivity contribution in [1.82, 2.24) is 0 Å². The molecule has 0 aliphatic heterocycles. The predicted molar refractivity (Wildman–Crippen MR) is 148 cm³/mol. The van der Waals surface area contributed by atoms with E-state index < -0.39 is 0 Å². The van der Waals surface area contributed by atoms with Gasteiger partial charge in [0.15, 0.2) is 6.29 Å². The highest BCUT2D eigenvalue weighted by Gasteiger charge is 2.19. The van der Waals surface area contributed by atoms with Crippen LogP contribution in [0.5, 0.6) is 5.75 Å². The van der Waals surface area contributed by atoms with E-state index in [-0.39, 0.29) is 11.7 Å². The molecule has 0 aliphatic carbocycles. The van der Waals surface area contributed by atoms with Crippen LogP contribution in [-0.4, -0.2) is 19.4 Å². The summed E-state index contributed by atoms with van der Waals surface area (Å²) in [6.45, 7) is 27.4. The fraction of sp³-hybridized carbons (Fsp3) is 0.800. The summed E-state index contributed by atoms with van der Waals surface area (Å²) in [7, 11) is 0. The zero-order valence-corrected chi connectivity index (χ0v) is 24.4. The van der Waals surface area contributed by atoms with Crippen molar-refractivity contribution in [2.75, 3.05) is 13.2 Å². The molecule has 0 bridgehead atoms. The lowest BCUT2D eigenvalue weighted by molar-refractivity contribution is -0.0706. The van der Waals surface area contributed by atoms with Crippen LogP contribution >= 0.6 is 0 Å². The maximum absolute atomic E-state index is 5.99. The van der Waals surface area contributed by atoms with Gasteiger partial charge >= 0.3 is 0 Å². The van der Waals surface area contributed by atoms with Gasteiger partial charge in [-0.2, -0.15) is 0 Å². The Balaban J connectivity index is 0. The van der Waals surface area contributed by atoms with Crippen LogP contribution in [0.25, 0.3) is 0 Å². The number of nitrogens with two attached hydrogens (primary N) is 1. The molecule has 33 heavy (non-hydrogen) atoms. The number of hydrogen-bond acceptors (Lipinski definition) is 3. The van der Waals surface area contributed by atoms with Crippen molar-refractivity contribution in [3.05, 3.63) is 29.8 Å². The molecule has 1 aromatic rings. The first-order valence-corrected chi connectivity index (χ1v) is 13.4. The lowest BCUT2D eigenvalue weighted by Gasteiger charge is -2.25. The fourth-order valence-corrected chi connectivity index (χ4v) is 3.48. The minimum absolute atomic E-state index is 0.222. The van der Waals surface area contributed by atoms with Gasteiger partial charge in [-0.15, -0.1) is 0 Å².